The molecule has 0 aliphatic heterocycles. The van der Waals surface area contributed by atoms with Crippen molar-refractivity contribution in [3.8, 4) is 22.3 Å². The van der Waals surface area contributed by atoms with Gasteiger partial charge in [0.2, 0.25) is 0 Å². The van der Waals surface area contributed by atoms with Crippen molar-refractivity contribution in [2.45, 2.75) is 25.3 Å². The third kappa shape index (κ3) is 7.05. The van der Waals surface area contributed by atoms with Crippen LogP contribution in [0.25, 0.3) is 76.1 Å². The number of rotatable bonds is 8. The predicted octanol–water partition coefficient (Wildman–Crippen LogP) is 18.4. The topological polar surface area (TPSA) is 6.48 Å². The van der Waals surface area contributed by atoms with E-state index in [9.17, 15) is 0 Å². The van der Waals surface area contributed by atoms with Gasteiger partial charge in [0.15, 0.2) is 0 Å². The molecular formula is C66H48N2. The molecule has 2 heteroatoms. The van der Waals surface area contributed by atoms with Gasteiger partial charge >= 0.3 is 0 Å². The first-order valence-electron chi connectivity index (χ1n) is 24.0. The van der Waals surface area contributed by atoms with E-state index in [1.54, 1.807) is 0 Å². The highest BCUT2D eigenvalue weighted by Gasteiger charge is 2.30. The molecule has 0 saturated heterocycles. The number of anilines is 5. The molecule has 0 heterocycles. The second kappa shape index (κ2) is 16.8. The summed E-state index contributed by atoms with van der Waals surface area (Å²) >= 11 is 0. The van der Waals surface area contributed by atoms with Crippen LogP contribution in [-0.2, 0) is 0 Å². The Labute approximate surface area is 397 Å². The lowest BCUT2D eigenvalue weighted by atomic mass is 9.86. The maximum atomic E-state index is 2.68. The van der Waals surface area contributed by atoms with Gasteiger partial charge in [0.1, 0.15) is 0 Å². The van der Waals surface area contributed by atoms with Crippen molar-refractivity contribution in [3.05, 3.63) is 260 Å². The normalized spacial score (nSPS) is 14.6. The monoisotopic (exact) mass is 868 g/mol. The second-order valence-electron chi connectivity index (χ2n) is 18.4. The van der Waals surface area contributed by atoms with Crippen molar-refractivity contribution >= 4 is 82.3 Å². The zero-order chi connectivity index (χ0) is 45.0. The zero-order valence-electron chi connectivity index (χ0n) is 37.8. The average molecular weight is 869 g/mol. The molecule has 68 heavy (non-hydrogen) atoms. The summed E-state index contributed by atoms with van der Waals surface area (Å²) in [5.41, 5.74) is 13.4. The molecule has 2 aliphatic rings. The Hall–Kier alpha value is -8.46. The van der Waals surface area contributed by atoms with Gasteiger partial charge in [-0.2, -0.15) is 0 Å². The van der Waals surface area contributed by atoms with Crippen LogP contribution < -0.4 is 9.80 Å². The summed E-state index contributed by atoms with van der Waals surface area (Å²) in [6.07, 6.45) is 12.8. The summed E-state index contributed by atoms with van der Waals surface area (Å²) in [5, 5.41) is 12.1. The van der Waals surface area contributed by atoms with Crippen molar-refractivity contribution < 1.29 is 0 Å². The smallest absolute Gasteiger partial charge is 0.0620 e. The molecule has 322 valence electrons. The lowest BCUT2D eigenvalue weighted by molar-refractivity contribution is 0.749. The molecule has 11 aromatic rings. The molecule has 2 nitrogen and oxygen atoms in total. The van der Waals surface area contributed by atoms with Crippen LogP contribution in [0.3, 0.4) is 0 Å². The standard InChI is InChI=1S/C66H48N2/c1-3-15-45(16-4-1)55-31-37-61-63(43-55)65(67(57-33-27-47-19-7-11-23-51(47)39-57)58-34-28-48-20-8-12-24-52(48)40-58)62-38-32-56(46-17-5-2-6-18-46)44-64(62)66(61)68(59-35-29-49-21-9-13-25-53(49)41-59)60-36-30-50-22-10-14-26-54(50)42-60/h1-9,11-21,23-41,43-44,60H,10,22,42H2. The van der Waals surface area contributed by atoms with E-state index in [4.69, 9.17) is 0 Å². The van der Waals surface area contributed by atoms with E-state index in [2.05, 4.69) is 259 Å². The third-order valence-corrected chi connectivity index (χ3v) is 14.3. The Kier molecular flexibility index (Phi) is 9.83. The summed E-state index contributed by atoms with van der Waals surface area (Å²) in [6, 6.07) is 83.4. The van der Waals surface area contributed by atoms with E-state index in [1.165, 1.54) is 98.6 Å². The molecule has 13 rings (SSSR count). The summed E-state index contributed by atoms with van der Waals surface area (Å²) in [7, 11) is 0. The van der Waals surface area contributed by atoms with Crippen LogP contribution in [0.5, 0.6) is 0 Å². The minimum Gasteiger partial charge on any atom is -0.333 e. The second-order valence-corrected chi connectivity index (χ2v) is 18.4. The molecule has 11 aromatic carbocycles. The summed E-state index contributed by atoms with van der Waals surface area (Å²) < 4.78 is 0. The van der Waals surface area contributed by atoms with Crippen LogP contribution in [0.2, 0.25) is 0 Å². The summed E-state index contributed by atoms with van der Waals surface area (Å²) in [4.78, 5) is 5.21. The minimum atomic E-state index is 0.0566. The van der Waals surface area contributed by atoms with Gasteiger partial charge in [-0.3, -0.25) is 0 Å². The van der Waals surface area contributed by atoms with Gasteiger partial charge in [0, 0.05) is 38.6 Å². The fourth-order valence-corrected chi connectivity index (χ4v) is 11.0. The van der Waals surface area contributed by atoms with E-state index in [0.717, 1.165) is 36.3 Å². The number of hydrogen-bond acceptors (Lipinski definition) is 2. The van der Waals surface area contributed by atoms with Crippen molar-refractivity contribution in [1.29, 1.82) is 0 Å². The molecular weight excluding hydrogens is 821 g/mol. The molecule has 1 atom stereocenters. The Morgan fingerprint density at radius 2 is 0.809 bits per heavy atom. The molecule has 0 spiro atoms. The average Bonchev–Trinajstić information content (AvgIpc) is 3.41. The van der Waals surface area contributed by atoms with Gasteiger partial charge in [0.05, 0.1) is 17.4 Å². The predicted molar refractivity (Wildman–Crippen MR) is 291 cm³/mol. The van der Waals surface area contributed by atoms with Crippen LogP contribution in [-0.4, -0.2) is 6.04 Å². The Morgan fingerprint density at radius 3 is 1.37 bits per heavy atom. The quantitative estimate of drug-likeness (QED) is 0.111. The van der Waals surface area contributed by atoms with E-state index in [0.29, 0.717) is 0 Å². The van der Waals surface area contributed by atoms with E-state index >= 15 is 0 Å². The maximum Gasteiger partial charge on any atom is 0.0620 e. The minimum absolute atomic E-state index is 0.0566. The molecule has 1 unspecified atom stereocenters. The van der Waals surface area contributed by atoms with Crippen molar-refractivity contribution in [2.24, 2.45) is 0 Å². The highest BCUT2D eigenvalue weighted by atomic mass is 15.2. The molecule has 0 fully saturated rings. The van der Waals surface area contributed by atoms with Gasteiger partial charge in [-0.15, -0.1) is 0 Å². The molecule has 2 aliphatic carbocycles. The number of benzene rings is 11. The Balaban J connectivity index is 1.18. The van der Waals surface area contributed by atoms with E-state index < -0.39 is 0 Å². The third-order valence-electron chi connectivity index (χ3n) is 14.3. The number of allylic oxidation sites excluding steroid dienone is 4. The fourth-order valence-electron chi connectivity index (χ4n) is 11.0. The molecule has 0 amide bonds. The SMILES string of the molecule is C1=CC2=C(C=CC(N(c3ccc4ccccc4c3)c3c4ccc(-c5ccccc5)cc4c(N(c4ccc5ccccc5c4)c4ccc5ccccc5c4)c4ccc(-c5ccccc5)cc34)C2)CC1. The summed E-state index contributed by atoms with van der Waals surface area (Å²) in [6.45, 7) is 0. The molecule has 0 bridgehead atoms. The van der Waals surface area contributed by atoms with Gasteiger partial charge in [-0.25, -0.2) is 0 Å². The lowest BCUT2D eigenvalue weighted by Gasteiger charge is -2.38. The van der Waals surface area contributed by atoms with Gasteiger partial charge in [0.25, 0.3) is 0 Å². The number of hydrogen-bond donors (Lipinski definition) is 0. The first-order chi connectivity index (χ1) is 33.7. The van der Waals surface area contributed by atoms with Crippen molar-refractivity contribution in [1.82, 2.24) is 0 Å². The van der Waals surface area contributed by atoms with E-state index in [1.807, 2.05) is 0 Å². The molecule has 0 aromatic heterocycles. The maximum absolute atomic E-state index is 2.68. The van der Waals surface area contributed by atoms with Crippen LogP contribution in [0.1, 0.15) is 19.3 Å². The van der Waals surface area contributed by atoms with Crippen LogP contribution in [0, 0.1) is 0 Å². The largest absolute Gasteiger partial charge is 0.333 e. The number of nitrogens with zero attached hydrogens (tertiary/aromatic N) is 2. The van der Waals surface area contributed by atoms with Crippen LogP contribution in [0.4, 0.5) is 28.4 Å². The molecule has 0 radical (unpaired) electrons. The Bertz CT molecular complexity index is 3760. The Morgan fingerprint density at radius 1 is 0.338 bits per heavy atom. The number of fused-ring (bicyclic) bond motifs is 5. The van der Waals surface area contributed by atoms with Gasteiger partial charge < -0.3 is 9.80 Å². The highest BCUT2D eigenvalue weighted by Crippen LogP contribution is 2.53. The first kappa shape index (κ1) is 39.9. The fraction of sp³-hybridized carbons (Fsp3) is 0.0606. The van der Waals surface area contributed by atoms with E-state index in [-0.39, 0.29) is 6.04 Å². The van der Waals surface area contributed by atoms with Crippen molar-refractivity contribution in [2.75, 3.05) is 9.80 Å². The van der Waals surface area contributed by atoms with Gasteiger partial charge in [-0.1, -0.05) is 200 Å². The zero-order valence-corrected chi connectivity index (χ0v) is 37.8. The molecule has 0 saturated carbocycles. The lowest BCUT2D eigenvalue weighted by Crippen LogP contribution is -2.32. The summed E-state index contributed by atoms with van der Waals surface area (Å²) in [5.74, 6) is 0. The molecule has 0 N–H and O–H groups in total. The van der Waals surface area contributed by atoms with Crippen molar-refractivity contribution in [3.63, 3.8) is 0 Å². The van der Waals surface area contributed by atoms with Crippen LogP contribution in [0.15, 0.2) is 260 Å². The first-order valence-corrected chi connectivity index (χ1v) is 24.0. The highest BCUT2D eigenvalue weighted by molar-refractivity contribution is 6.24. The van der Waals surface area contributed by atoms with Gasteiger partial charge in [-0.05, 0) is 134 Å². The van der Waals surface area contributed by atoms with Crippen LogP contribution >= 0.6 is 0 Å².